The average Bonchev–Trinajstić information content (AvgIpc) is 2.24. The molecule has 0 aliphatic rings. The number of hydrogen-bond acceptors (Lipinski definition) is 2. The molecule has 1 aromatic carbocycles. The summed E-state index contributed by atoms with van der Waals surface area (Å²) in [5, 5.41) is 4.11. The van der Waals surface area contributed by atoms with Crippen molar-refractivity contribution in [3.05, 3.63) is 29.3 Å². The van der Waals surface area contributed by atoms with E-state index >= 15 is 0 Å². The Morgan fingerprint density at radius 3 is 2.47 bits per heavy atom. The number of rotatable bonds is 5. The van der Waals surface area contributed by atoms with Gasteiger partial charge in [-0.15, -0.1) is 0 Å². The molecule has 1 aromatic rings. The van der Waals surface area contributed by atoms with E-state index in [0.717, 1.165) is 12.3 Å². The van der Waals surface area contributed by atoms with E-state index in [1.54, 1.807) is 0 Å². The maximum absolute atomic E-state index is 6.05. The fraction of sp³-hybridized carbons (Fsp3) is 0.571. The van der Waals surface area contributed by atoms with Gasteiger partial charge in [0, 0.05) is 6.04 Å². The highest BCUT2D eigenvalue weighted by Gasteiger charge is 2.24. The third kappa shape index (κ3) is 4.57. The molecule has 0 fully saturated rings. The predicted octanol–water partition coefficient (Wildman–Crippen LogP) is 3.74. The lowest BCUT2D eigenvalue weighted by molar-refractivity contribution is 0.176. The van der Waals surface area contributed by atoms with E-state index in [4.69, 9.17) is 16.3 Å². The zero-order valence-corrected chi connectivity index (χ0v) is 11.8. The molecule has 0 aliphatic heterocycles. The molecule has 0 saturated heterocycles. The van der Waals surface area contributed by atoms with Crippen LogP contribution in [0.3, 0.4) is 0 Å². The molecule has 0 aromatic heterocycles. The highest BCUT2D eigenvalue weighted by atomic mass is 35.5. The van der Waals surface area contributed by atoms with Gasteiger partial charge in [-0.25, -0.2) is 0 Å². The highest BCUT2D eigenvalue weighted by Crippen LogP contribution is 2.25. The number of hydrogen-bond donors (Lipinski definition) is 1. The molecule has 2 nitrogen and oxygen atoms in total. The van der Waals surface area contributed by atoms with Gasteiger partial charge in [-0.05, 0) is 24.1 Å². The molecule has 0 radical (unpaired) electrons. The first kappa shape index (κ1) is 14.3. The Balaban J connectivity index is 2.61. The van der Waals surface area contributed by atoms with Gasteiger partial charge in [-0.3, -0.25) is 0 Å². The summed E-state index contributed by atoms with van der Waals surface area (Å²) >= 11 is 6.05. The summed E-state index contributed by atoms with van der Waals surface area (Å²) in [6.07, 6.45) is 0. The van der Waals surface area contributed by atoms with Crippen molar-refractivity contribution in [2.24, 2.45) is 5.41 Å². The number of halogens is 1. The van der Waals surface area contributed by atoms with Crippen molar-refractivity contribution in [1.82, 2.24) is 5.32 Å². The minimum Gasteiger partial charge on any atom is -0.490 e. The van der Waals surface area contributed by atoms with Crippen LogP contribution in [0.4, 0.5) is 0 Å². The quantitative estimate of drug-likeness (QED) is 0.865. The summed E-state index contributed by atoms with van der Waals surface area (Å²) in [6, 6.07) is 7.88. The molecule has 17 heavy (non-hydrogen) atoms. The lowest BCUT2D eigenvalue weighted by Gasteiger charge is -2.31. The molecule has 1 atom stereocenters. The van der Waals surface area contributed by atoms with E-state index < -0.39 is 0 Å². The van der Waals surface area contributed by atoms with Crippen LogP contribution in [0.25, 0.3) is 0 Å². The molecule has 0 amide bonds. The fourth-order valence-electron chi connectivity index (χ4n) is 1.60. The molecule has 1 unspecified atom stereocenters. The second-order valence-corrected chi connectivity index (χ2v) is 5.62. The van der Waals surface area contributed by atoms with E-state index in [-0.39, 0.29) is 5.41 Å². The molecular weight excluding hydrogens is 234 g/mol. The number of para-hydroxylation sites is 1. The topological polar surface area (TPSA) is 21.3 Å². The van der Waals surface area contributed by atoms with Crippen LogP contribution < -0.4 is 10.1 Å². The van der Waals surface area contributed by atoms with Crippen molar-refractivity contribution < 1.29 is 4.74 Å². The van der Waals surface area contributed by atoms with Crippen molar-refractivity contribution in [3.63, 3.8) is 0 Å². The Hall–Kier alpha value is -0.730. The zero-order valence-electron chi connectivity index (χ0n) is 11.1. The standard InChI is InChI=1S/C14H22ClNO/c1-5-16-13(14(2,3)4)10-17-12-9-7-6-8-11(12)15/h6-9,13,16H,5,10H2,1-4H3. The van der Waals surface area contributed by atoms with Crippen LogP contribution in [0.1, 0.15) is 27.7 Å². The van der Waals surface area contributed by atoms with Crippen LogP contribution in [-0.2, 0) is 0 Å². The molecular formula is C14H22ClNO. The lowest BCUT2D eigenvalue weighted by atomic mass is 9.87. The first-order valence-corrected chi connectivity index (χ1v) is 6.43. The number of likely N-dealkylation sites (N-methyl/N-ethyl adjacent to an activating group) is 1. The van der Waals surface area contributed by atoms with E-state index in [2.05, 4.69) is 33.0 Å². The number of benzene rings is 1. The van der Waals surface area contributed by atoms with Gasteiger partial charge in [0.05, 0.1) is 5.02 Å². The van der Waals surface area contributed by atoms with Crippen molar-refractivity contribution in [2.45, 2.75) is 33.7 Å². The van der Waals surface area contributed by atoms with Gasteiger partial charge in [0.1, 0.15) is 12.4 Å². The van der Waals surface area contributed by atoms with E-state index in [1.807, 2.05) is 24.3 Å². The largest absolute Gasteiger partial charge is 0.490 e. The number of ether oxygens (including phenoxy) is 1. The monoisotopic (exact) mass is 255 g/mol. The number of nitrogens with one attached hydrogen (secondary N) is 1. The van der Waals surface area contributed by atoms with Crippen LogP contribution >= 0.6 is 11.6 Å². The third-order valence-electron chi connectivity index (χ3n) is 2.74. The third-order valence-corrected chi connectivity index (χ3v) is 3.05. The van der Waals surface area contributed by atoms with Crippen LogP contribution in [0.2, 0.25) is 5.02 Å². The Bertz CT molecular complexity index is 346. The van der Waals surface area contributed by atoms with E-state index in [1.165, 1.54) is 0 Å². The summed E-state index contributed by atoms with van der Waals surface area (Å²) in [4.78, 5) is 0. The first-order chi connectivity index (χ1) is 7.95. The molecule has 0 heterocycles. The Morgan fingerprint density at radius 2 is 1.94 bits per heavy atom. The molecule has 96 valence electrons. The summed E-state index contributed by atoms with van der Waals surface area (Å²) in [5.74, 6) is 0.751. The summed E-state index contributed by atoms with van der Waals surface area (Å²) in [6.45, 7) is 10.3. The second-order valence-electron chi connectivity index (χ2n) is 5.22. The molecule has 0 aliphatic carbocycles. The van der Waals surface area contributed by atoms with Gasteiger partial charge in [-0.1, -0.05) is 51.4 Å². The van der Waals surface area contributed by atoms with Crippen LogP contribution in [0.15, 0.2) is 24.3 Å². The van der Waals surface area contributed by atoms with Crippen LogP contribution in [-0.4, -0.2) is 19.2 Å². The van der Waals surface area contributed by atoms with Gasteiger partial charge in [-0.2, -0.15) is 0 Å². The highest BCUT2D eigenvalue weighted by molar-refractivity contribution is 6.32. The van der Waals surface area contributed by atoms with Gasteiger partial charge < -0.3 is 10.1 Å². The normalized spacial score (nSPS) is 13.5. The predicted molar refractivity (Wildman–Crippen MR) is 73.9 cm³/mol. The fourth-order valence-corrected chi connectivity index (χ4v) is 1.79. The van der Waals surface area contributed by atoms with Crippen molar-refractivity contribution in [2.75, 3.05) is 13.2 Å². The maximum Gasteiger partial charge on any atom is 0.137 e. The summed E-state index contributed by atoms with van der Waals surface area (Å²) in [7, 11) is 0. The van der Waals surface area contributed by atoms with Crippen molar-refractivity contribution >= 4 is 11.6 Å². The molecule has 0 spiro atoms. The molecule has 0 saturated carbocycles. The van der Waals surface area contributed by atoms with Gasteiger partial charge >= 0.3 is 0 Å². The first-order valence-electron chi connectivity index (χ1n) is 6.06. The molecule has 0 bridgehead atoms. The Morgan fingerprint density at radius 1 is 1.29 bits per heavy atom. The van der Waals surface area contributed by atoms with E-state index in [9.17, 15) is 0 Å². The molecule has 3 heteroatoms. The van der Waals surface area contributed by atoms with Gasteiger partial charge in [0.25, 0.3) is 0 Å². The van der Waals surface area contributed by atoms with Crippen LogP contribution in [0, 0.1) is 5.41 Å². The zero-order chi connectivity index (χ0) is 12.9. The Labute approximate surface area is 109 Å². The Kier molecular flexibility index (Phi) is 5.29. The van der Waals surface area contributed by atoms with Gasteiger partial charge in [0.15, 0.2) is 0 Å². The summed E-state index contributed by atoms with van der Waals surface area (Å²) in [5.41, 5.74) is 0.164. The van der Waals surface area contributed by atoms with Crippen LogP contribution in [0.5, 0.6) is 5.75 Å². The molecule has 1 N–H and O–H groups in total. The molecule has 1 rings (SSSR count). The minimum atomic E-state index is 0.164. The van der Waals surface area contributed by atoms with Crippen molar-refractivity contribution in [3.8, 4) is 5.75 Å². The lowest BCUT2D eigenvalue weighted by Crippen LogP contribution is -2.44. The second kappa shape index (κ2) is 6.27. The smallest absolute Gasteiger partial charge is 0.137 e. The minimum absolute atomic E-state index is 0.164. The average molecular weight is 256 g/mol. The summed E-state index contributed by atoms with van der Waals surface area (Å²) < 4.78 is 5.78. The van der Waals surface area contributed by atoms with E-state index in [0.29, 0.717) is 17.7 Å². The van der Waals surface area contributed by atoms with Gasteiger partial charge in [0.2, 0.25) is 0 Å². The SMILES string of the molecule is CCNC(COc1ccccc1Cl)C(C)(C)C. The maximum atomic E-state index is 6.05. The van der Waals surface area contributed by atoms with Crippen molar-refractivity contribution in [1.29, 1.82) is 0 Å².